The molecule has 6 rings (SSSR count). The van der Waals surface area contributed by atoms with E-state index in [4.69, 9.17) is 14.2 Å². The number of hydrogen-bond donors (Lipinski definition) is 2. The van der Waals surface area contributed by atoms with Gasteiger partial charge in [-0.3, -0.25) is 19.2 Å². The monoisotopic (exact) mass is 742 g/mol. The van der Waals surface area contributed by atoms with Crippen LogP contribution in [0.3, 0.4) is 0 Å². The zero-order chi connectivity index (χ0) is 38.0. The molecule has 288 valence electrons. The smallest absolute Gasteiger partial charge is 0.409 e. The summed E-state index contributed by atoms with van der Waals surface area (Å²) in [6.07, 6.45) is 4.14. The van der Waals surface area contributed by atoms with Gasteiger partial charge in [0.25, 0.3) is 11.8 Å². The Kier molecular flexibility index (Phi) is 13.0. The van der Waals surface area contributed by atoms with Crippen LogP contribution in [-0.4, -0.2) is 120 Å². The molecule has 3 fully saturated rings. The van der Waals surface area contributed by atoms with Gasteiger partial charge in [0.2, 0.25) is 11.8 Å². The predicted octanol–water partition coefficient (Wildman–Crippen LogP) is 3.59. The van der Waals surface area contributed by atoms with Crippen LogP contribution in [0.2, 0.25) is 0 Å². The summed E-state index contributed by atoms with van der Waals surface area (Å²) in [6.45, 7) is 5.80. The number of benzene rings is 2. The maximum atomic E-state index is 13.9. The second kappa shape index (κ2) is 18.2. The Morgan fingerprint density at radius 3 is 2.39 bits per heavy atom. The molecule has 1 aliphatic carbocycles. The molecule has 3 heterocycles. The van der Waals surface area contributed by atoms with Crippen LogP contribution in [0.1, 0.15) is 67.1 Å². The summed E-state index contributed by atoms with van der Waals surface area (Å²) in [7, 11) is 0. The first-order chi connectivity index (χ1) is 26.2. The lowest BCUT2D eigenvalue weighted by molar-refractivity contribution is -0.140. The number of rotatable bonds is 14. The van der Waals surface area contributed by atoms with E-state index < -0.39 is 24.1 Å². The van der Waals surface area contributed by atoms with E-state index in [1.807, 2.05) is 55.5 Å². The molecule has 0 bridgehead atoms. The number of amides is 5. The van der Waals surface area contributed by atoms with Gasteiger partial charge in [0.15, 0.2) is 6.61 Å². The Labute approximate surface area is 315 Å². The molecular formula is C40H50N6O8. The van der Waals surface area contributed by atoms with Gasteiger partial charge in [0.1, 0.15) is 23.5 Å². The Bertz CT molecular complexity index is 1810. The lowest BCUT2D eigenvalue weighted by Gasteiger charge is -2.36. The first kappa shape index (κ1) is 38.5. The van der Waals surface area contributed by atoms with Crippen LogP contribution in [0, 0.1) is 6.92 Å². The van der Waals surface area contributed by atoms with Gasteiger partial charge >= 0.3 is 6.09 Å². The van der Waals surface area contributed by atoms with Gasteiger partial charge in [-0.1, -0.05) is 36.4 Å². The van der Waals surface area contributed by atoms with E-state index in [1.165, 1.54) is 6.07 Å². The second-order valence-corrected chi connectivity index (χ2v) is 14.1. The third-order valence-corrected chi connectivity index (χ3v) is 10.2. The number of aromatic nitrogens is 1. The van der Waals surface area contributed by atoms with E-state index in [2.05, 4.69) is 15.6 Å². The molecule has 3 aliphatic rings. The maximum absolute atomic E-state index is 13.9. The van der Waals surface area contributed by atoms with Gasteiger partial charge in [-0.05, 0) is 75.6 Å². The normalized spacial score (nSPS) is 17.8. The number of pyridine rings is 1. The molecule has 2 unspecified atom stereocenters. The highest BCUT2D eigenvalue weighted by atomic mass is 16.6. The molecule has 2 N–H and O–H groups in total. The minimum absolute atomic E-state index is 0.0182. The van der Waals surface area contributed by atoms with Crippen molar-refractivity contribution in [1.29, 1.82) is 0 Å². The summed E-state index contributed by atoms with van der Waals surface area (Å²) in [5.41, 5.74) is 2.41. The van der Waals surface area contributed by atoms with E-state index in [0.717, 1.165) is 36.8 Å². The molecule has 2 saturated heterocycles. The third-order valence-electron chi connectivity index (χ3n) is 10.2. The molecule has 3 aromatic rings. The minimum Gasteiger partial charge on any atom is -0.483 e. The molecule has 2 aliphatic heterocycles. The highest BCUT2D eigenvalue weighted by Crippen LogP contribution is 2.28. The lowest BCUT2D eigenvalue weighted by atomic mass is 9.93. The summed E-state index contributed by atoms with van der Waals surface area (Å²) in [5.74, 6) is -1.03. The van der Waals surface area contributed by atoms with Crippen molar-refractivity contribution in [2.24, 2.45) is 0 Å². The first-order valence-corrected chi connectivity index (χ1v) is 19.0. The van der Waals surface area contributed by atoms with Crippen LogP contribution >= 0.6 is 0 Å². The molecule has 1 saturated carbocycles. The molecule has 54 heavy (non-hydrogen) atoms. The third kappa shape index (κ3) is 9.64. The molecule has 5 amide bonds. The zero-order valence-electron chi connectivity index (χ0n) is 31.1. The summed E-state index contributed by atoms with van der Waals surface area (Å²) >= 11 is 0. The fourth-order valence-corrected chi connectivity index (χ4v) is 6.95. The Morgan fingerprint density at radius 2 is 1.67 bits per heavy atom. The number of nitrogens with one attached hydrogen (secondary N) is 2. The largest absolute Gasteiger partial charge is 0.483 e. The Hall–Kier alpha value is -5.24. The van der Waals surface area contributed by atoms with Crippen molar-refractivity contribution in [3.8, 4) is 5.75 Å². The molecule has 14 heteroatoms. The van der Waals surface area contributed by atoms with Crippen molar-refractivity contribution < 1.29 is 38.2 Å². The number of nitrogens with zero attached hydrogens (tertiary/aromatic N) is 4. The van der Waals surface area contributed by atoms with E-state index in [0.29, 0.717) is 43.6 Å². The quantitative estimate of drug-likeness (QED) is 0.236. The van der Waals surface area contributed by atoms with Crippen LogP contribution < -0.4 is 15.4 Å². The average molecular weight is 743 g/mol. The fourth-order valence-electron chi connectivity index (χ4n) is 6.95. The topological polar surface area (TPSA) is 160 Å². The lowest BCUT2D eigenvalue weighted by Crippen LogP contribution is -2.56. The summed E-state index contributed by atoms with van der Waals surface area (Å²) < 4.78 is 17.1. The standard InChI is InChI=1S/C40H50N6O8/c1-3-53-40(51)45-20-18-44(19-21-45)39(50)31(16-22-52-25-28-9-5-4-6-10-28)43-37(48)33-24-35(30-15-14-27(2)23-32(30)42-33)54-26-36(47)46-17-8-13-34(46)38(49)41-29-11-7-12-29/h4-6,9-10,14-15,23-24,29,31,34H,3,7-8,11-13,16-22,25-26H2,1-2H3,(H,41,49)(H,43,48). The number of fused-ring (bicyclic) bond motifs is 1. The van der Waals surface area contributed by atoms with E-state index >= 15 is 0 Å². The second-order valence-electron chi connectivity index (χ2n) is 14.1. The highest BCUT2D eigenvalue weighted by molar-refractivity contribution is 5.99. The zero-order valence-corrected chi connectivity index (χ0v) is 31.1. The van der Waals surface area contributed by atoms with Crippen LogP contribution in [0.15, 0.2) is 54.6 Å². The number of aryl methyl sites for hydroxylation is 1. The summed E-state index contributed by atoms with van der Waals surface area (Å²) in [4.78, 5) is 75.9. The highest BCUT2D eigenvalue weighted by Gasteiger charge is 2.36. The number of carbonyl (C=O) groups is 5. The molecular weight excluding hydrogens is 692 g/mol. The first-order valence-electron chi connectivity index (χ1n) is 19.0. The van der Waals surface area contributed by atoms with Crippen molar-refractivity contribution in [2.75, 3.05) is 52.5 Å². The van der Waals surface area contributed by atoms with Gasteiger partial charge in [-0.25, -0.2) is 9.78 Å². The van der Waals surface area contributed by atoms with Crippen LogP contribution in [0.25, 0.3) is 10.9 Å². The summed E-state index contributed by atoms with van der Waals surface area (Å²) in [5, 5.41) is 6.57. The molecule has 14 nitrogen and oxygen atoms in total. The van der Waals surface area contributed by atoms with Crippen molar-refractivity contribution in [3.05, 3.63) is 71.4 Å². The van der Waals surface area contributed by atoms with Gasteiger partial charge in [-0.15, -0.1) is 0 Å². The van der Waals surface area contributed by atoms with Crippen LogP contribution in [0.5, 0.6) is 5.75 Å². The Balaban J connectivity index is 1.15. The number of carbonyl (C=O) groups excluding carboxylic acids is 5. The Morgan fingerprint density at radius 1 is 0.907 bits per heavy atom. The summed E-state index contributed by atoms with van der Waals surface area (Å²) in [6, 6.07) is 15.4. The van der Waals surface area contributed by atoms with Gasteiger partial charge in [-0.2, -0.15) is 0 Å². The van der Waals surface area contributed by atoms with E-state index in [-0.39, 0.29) is 74.5 Å². The molecule has 2 atom stereocenters. The number of ether oxygens (including phenoxy) is 3. The van der Waals surface area contributed by atoms with Crippen LogP contribution in [0.4, 0.5) is 4.79 Å². The van der Waals surface area contributed by atoms with Crippen molar-refractivity contribution >= 4 is 40.6 Å². The molecule has 0 radical (unpaired) electrons. The van der Waals surface area contributed by atoms with Crippen molar-refractivity contribution in [3.63, 3.8) is 0 Å². The SMILES string of the molecule is CCOC(=O)N1CCN(C(=O)C(CCOCc2ccccc2)NC(=O)c2cc(OCC(=O)N3CCCC3C(=O)NC3CCC3)c3ccc(C)cc3n2)CC1. The number of piperazine rings is 1. The average Bonchev–Trinajstić information content (AvgIpc) is 3.67. The maximum Gasteiger partial charge on any atom is 0.409 e. The van der Waals surface area contributed by atoms with Gasteiger partial charge in [0.05, 0.1) is 18.7 Å². The minimum atomic E-state index is -0.943. The van der Waals surface area contributed by atoms with Crippen molar-refractivity contribution in [1.82, 2.24) is 30.3 Å². The predicted molar refractivity (Wildman–Crippen MR) is 200 cm³/mol. The van der Waals surface area contributed by atoms with Crippen molar-refractivity contribution in [2.45, 2.75) is 77.1 Å². The molecule has 0 spiro atoms. The van der Waals surface area contributed by atoms with Gasteiger partial charge < -0.3 is 39.5 Å². The van der Waals surface area contributed by atoms with E-state index in [9.17, 15) is 24.0 Å². The van der Waals surface area contributed by atoms with Gasteiger partial charge in [0, 0.05) is 56.8 Å². The number of hydrogen-bond acceptors (Lipinski definition) is 9. The number of likely N-dealkylation sites (tertiary alicyclic amines) is 1. The fraction of sp³-hybridized carbons (Fsp3) is 0.500. The molecule has 2 aromatic carbocycles. The van der Waals surface area contributed by atoms with Crippen LogP contribution in [-0.2, 0) is 30.5 Å². The van der Waals surface area contributed by atoms with E-state index in [1.54, 1.807) is 21.6 Å². The molecule has 1 aromatic heterocycles.